The van der Waals surface area contributed by atoms with Gasteiger partial charge in [-0.15, -0.1) is 21.4 Å². The summed E-state index contributed by atoms with van der Waals surface area (Å²) in [6, 6.07) is 0. The van der Waals surface area contributed by atoms with Gasteiger partial charge in [0.05, 0.1) is 58.9 Å². The Balaban J connectivity index is 2.46. The first-order valence-corrected chi connectivity index (χ1v) is 6.11. The molecule has 3 aliphatic carbocycles. The Bertz CT molecular complexity index is 576. The normalized spacial score (nSPS) is 46.3. The van der Waals surface area contributed by atoms with E-state index in [1.807, 2.05) is 0 Å². The summed E-state index contributed by atoms with van der Waals surface area (Å²) in [5.41, 5.74) is -0.427. The van der Waals surface area contributed by atoms with Gasteiger partial charge >= 0.3 is 11.9 Å². The minimum absolute atomic E-state index is 0.213. The molecule has 16 radical (unpaired) electrons. The molecule has 21 heavy (non-hydrogen) atoms. The number of allylic oxidation sites excluding steroid dienone is 2. The number of rotatable bonds is 0. The zero-order valence-corrected chi connectivity index (χ0v) is 11.0. The Labute approximate surface area is 133 Å². The molecule has 11 heteroatoms. The van der Waals surface area contributed by atoms with Crippen LogP contribution in [0.5, 0.6) is 0 Å². The first-order chi connectivity index (χ1) is 9.36. The topological polar surface area (TPSA) is 43.4 Å². The molecule has 4 rings (SSSR count). The van der Waals surface area contributed by atoms with Crippen LogP contribution in [0.4, 0.5) is 0 Å². The molecular formula is C10H2B8O3. The fraction of sp³-hybridized carbons (Fsp3) is 0.600. The van der Waals surface area contributed by atoms with Gasteiger partial charge in [-0.1, -0.05) is 10.6 Å². The predicted molar refractivity (Wildman–Crippen MR) is 81.9 cm³/mol. The standard InChI is InChI=1S/C10H2B8O3/c11-3-4(12)8(14)2-1(5(19)21-6(2)20)7(3,13)9(15,16)10(8,17)18/h1-2H/t1-,2+,7?,8?. The van der Waals surface area contributed by atoms with Crippen molar-refractivity contribution in [1.29, 1.82) is 0 Å². The highest BCUT2D eigenvalue weighted by Gasteiger charge is 2.75. The smallest absolute Gasteiger partial charge is 0.317 e. The number of cyclic esters (lactones) is 2. The zero-order chi connectivity index (χ0) is 16.2. The number of hydrogen-bond acceptors (Lipinski definition) is 3. The van der Waals surface area contributed by atoms with Crippen LogP contribution in [0.2, 0.25) is 21.1 Å². The maximum absolute atomic E-state index is 12.0. The third-order valence-electron chi connectivity index (χ3n) is 5.26. The van der Waals surface area contributed by atoms with Crippen molar-refractivity contribution in [1.82, 2.24) is 0 Å². The lowest BCUT2D eigenvalue weighted by molar-refractivity contribution is -0.153. The van der Waals surface area contributed by atoms with E-state index in [2.05, 4.69) is 4.74 Å². The fourth-order valence-corrected chi connectivity index (χ4v) is 3.82. The molecule has 0 aromatic carbocycles. The van der Waals surface area contributed by atoms with Gasteiger partial charge in [0.15, 0.2) is 0 Å². The first kappa shape index (κ1) is 15.3. The summed E-state index contributed by atoms with van der Waals surface area (Å²) in [5, 5.41) is -8.13. The Morgan fingerprint density at radius 3 is 1.29 bits per heavy atom. The number of carbonyl (C=O) groups is 2. The van der Waals surface area contributed by atoms with E-state index in [-0.39, 0.29) is 10.9 Å². The molecule has 1 saturated carbocycles. The largest absolute Gasteiger partial charge is 0.393 e. The maximum atomic E-state index is 12.0. The van der Waals surface area contributed by atoms with Crippen molar-refractivity contribution < 1.29 is 14.3 Å². The van der Waals surface area contributed by atoms with Crippen molar-refractivity contribution in [2.75, 3.05) is 0 Å². The molecule has 2 bridgehead atoms. The summed E-state index contributed by atoms with van der Waals surface area (Å²) in [6.45, 7) is 0. The predicted octanol–water partition coefficient (Wildman–Crippen LogP) is -2.56. The molecule has 0 aromatic heterocycles. The Morgan fingerprint density at radius 2 is 1.00 bits per heavy atom. The van der Waals surface area contributed by atoms with Crippen LogP contribution in [-0.2, 0) is 14.3 Å². The first-order valence-electron chi connectivity index (χ1n) is 6.11. The second kappa shape index (κ2) is 3.65. The number of ether oxygens (including phenoxy) is 1. The van der Waals surface area contributed by atoms with Gasteiger partial charge in [-0.05, 0) is 0 Å². The molecule has 4 atom stereocenters. The zero-order valence-electron chi connectivity index (χ0n) is 11.0. The molecule has 0 spiro atoms. The van der Waals surface area contributed by atoms with Crippen molar-refractivity contribution in [2.45, 2.75) is 21.1 Å². The average molecular weight is 257 g/mol. The average Bonchev–Trinajstić information content (AvgIpc) is 2.67. The third kappa shape index (κ3) is 1.19. The second-order valence-corrected chi connectivity index (χ2v) is 6.00. The molecule has 0 aromatic rings. The number of carbonyl (C=O) groups excluding carboxylic acids is 2. The van der Waals surface area contributed by atoms with Crippen molar-refractivity contribution in [3.63, 3.8) is 0 Å². The quantitative estimate of drug-likeness (QED) is 0.272. The highest BCUT2D eigenvalue weighted by atomic mass is 16.6. The van der Waals surface area contributed by atoms with Crippen LogP contribution >= 0.6 is 0 Å². The third-order valence-corrected chi connectivity index (χ3v) is 5.26. The van der Waals surface area contributed by atoms with Gasteiger partial charge in [-0.3, -0.25) is 9.59 Å². The number of esters is 2. The van der Waals surface area contributed by atoms with Gasteiger partial charge < -0.3 is 4.74 Å². The molecule has 4 aliphatic rings. The SMILES string of the molecule is [B]C1=C([B])C2([B])[C@H]3C(=O)OC(=O)[C@H]3C1([B])C([B])([B])C2([B])[B]. The van der Waals surface area contributed by atoms with Gasteiger partial charge in [0.2, 0.25) is 0 Å². The molecule has 1 saturated heterocycles. The monoisotopic (exact) mass is 258 g/mol. The highest BCUT2D eigenvalue weighted by molar-refractivity contribution is 6.64. The number of fused-ring (bicyclic) bond motifs is 1. The Kier molecular flexibility index (Phi) is 2.66. The van der Waals surface area contributed by atoms with Crippen LogP contribution < -0.4 is 0 Å². The molecular weight excluding hydrogens is 255 g/mol. The number of hydrogen-bond donors (Lipinski definition) is 0. The van der Waals surface area contributed by atoms with Gasteiger partial charge in [0, 0.05) is 0 Å². The van der Waals surface area contributed by atoms with Crippen LogP contribution in [0.1, 0.15) is 0 Å². The summed E-state index contributed by atoms with van der Waals surface area (Å²) in [6.07, 6.45) is 0. The molecule has 1 heterocycles. The molecule has 0 amide bonds. The summed E-state index contributed by atoms with van der Waals surface area (Å²) >= 11 is 0. The van der Waals surface area contributed by atoms with Crippen LogP contribution in [0.25, 0.3) is 0 Å². The van der Waals surface area contributed by atoms with Gasteiger partial charge in [-0.2, -0.15) is 0 Å². The van der Waals surface area contributed by atoms with Crippen molar-refractivity contribution in [3.05, 3.63) is 10.9 Å². The van der Waals surface area contributed by atoms with Crippen LogP contribution in [-0.4, -0.2) is 74.7 Å². The summed E-state index contributed by atoms with van der Waals surface area (Å²) in [7, 11) is 48.2. The fourth-order valence-electron chi connectivity index (χ4n) is 3.82. The second-order valence-electron chi connectivity index (χ2n) is 6.00. The lowest BCUT2D eigenvalue weighted by atomic mass is 9.05. The van der Waals surface area contributed by atoms with E-state index in [1.165, 1.54) is 0 Å². The lowest BCUT2D eigenvalue weighted by Crippen LogP contribution is -2.66. The van der Waals surface area contributed by atoms with Crippen LogP contribution in [0.3, 0.4) is 0 Å². The van der Waals surface area contributed by atoms with Crippen molar-refractivity contribution in [2.24, 2.45) is 11.8 Å². The molecule has 2 unspecified atom stereocenters. The van der Waals surface area contributed by atoms with Gasteiger partial charge in [0.1, 0.15) is 15.7 Å². The van der Waals surface area contributed by atoms with E-state index < -0.39 is 44.8 Å². The van der Waals surface area contributed by atoms with E-state index in [1.54, 1.807) is 0 Å². The van der Waals surface area contributed by atoms with Crippen LogP contribution in [0, 0.1) is 11.8 Å². The molecule has 84 valence electrons. The molecule has 0 N–H and O–H groups in total. The van der Waals surface area contributed by atoms with E-state index in [0.29, 0.717) is 0 Å². The summed E-state index contributed by atoms with van der Waals surface area (Å²) < 4.78 is 4.60. The Morgan fingerprint density at radius 1 is 0.714 bits per heavy atom. The van der Waals surface area contributed by atoms with Gasteiger partial charge in [-0.25, -0.2) is 0 Å². The van der Waals surface area contributed by atoms with Gasteiger partial charge in [0.25, 0.3) is 0 Å². The Hall–Kier alpha value is -0.601. The minimum Gasteiger partial charge on any atom is -0.393 e. The van der Waals surface area contributed by atoms with E-state index >= 15 is 0 Å². The van der Waals surface area contributed by atoms with E-state index in [9.17, 15) is 9.59 Å². The van der Waals surface area contributed by atoms with Crippen molar-refractivity contribution in [3.8, 4) is 0 Å². The van der Waals surface area contributed by atoms with E-state index in [0.717, 1.165) is 0 Å². The molecule has 1 aliphatic heterocycles. The summed E-state index contributed by atoms with van der Waals surface area (Å²) in [4.78, 5) is 24.0. The summed E-state index contributed by atoms with van der Waals surface area (Å²) in [5.74, 6) is -4.49. The molecule has 3 nitrogen and oxygen atoms in total. The maximum Gasteiger partial charge on any atom is 0.317 e. The van der Waals surface area contributed by atoms with Crippen molar-refractivity contribution >= 4 is 74.7 Å². The lowest BCUT2D eigenvalue weighted by Gasteiger charge is -2.76. The minimum atomic E-state index is -2.10. The highest BCUT2D eigenvalue weighted by Crippen LogP contribution is 2.85. The molecule has 2 fully saturated rings. The van der Waals surface area contributed by atoms with Crippen LogP contribution in [0.15, 0.2) is 10.9 Å². The van der Waals surface area contributed by atoms with E-state index in [4.69, 9.17) is 62.8 Å².